The van der Waals surface area contributed by atoms with Crippen LogP contribution in [0.5, 0.6) is 0 Å². The van der Waals surface area contributed by atoms with Crippen LogP contribution >= 0.6 is 0 Å². The average molecular weight is 269 g/mol. The van der Waals surface area contributed by atoms with Crippen molar-refractivity contribution < 1.29 is 9.59 Å². The molecule has 19 heavy (non-hydrogen) atoms. The largest absolute Gasteiger partial charge is 0.353 e. The third-order valence-corrected chi connectivity index (χ3v) is 3.65. The second-order valence-electron chi connectivity index (χ2n) is 5.69. The van der Waals surface area contributed by atoms with Gasteiger partial charge in [-0.15, -0.1) is 0 Å². The monoisotopic (exact) mass is 269 g/mol. The zero-order valence-electron chi connectivity index (χ0n) is 12.3. The predicted molar refractivity (Wildman–Crippen MR) is 75.5 cm³/mol. The molecule has 110 valence electrons. The van der Waals surface area contributed by atoms with E-state index < -0.39 is 6.04 Å². The molecule has 5 heteroatoms. The Morgan fingerprint density at radius 1 is 1.32 bits per heavy atom. The molecule has 0 unspecified atom stereocenters. The highest BCUT2D eigenvalue weighted by Crippen LogP contribution is 2.13. The lowest BCUT2D eigenvalue weighted by molar-refractivity contribution is -0.134. The van der Waals surface area contributed by atoms with Gasteiger partial charge >= 0.3 is 0 Å². The first kappa shape index (κ1) is 16.0. The molecular weight excluding hydrogens is 242 g/mol. The zero-order valence-corrected chi connectivity index (χ0v) is 12.3. The molecule has 3 N–H and O–H groups in total. The lowest BCUT2D eigenvalue weighted by Gasteiger charge is -2.34. The minimum absolute atomic E-state index is 0.0355. The number of carbonyl (C=O) groups excluding carboxylic acids is 2. The number of nitrogens with one attached hydrogen (secondary N) is 1. The van der Waals surface area contributed by atoms with Gasteiger partial charge < -0.3 is 16.0 Å². The molecule has 2 amide bonds. The Balaban J connectivity index is 2.36. The van der Waals surface area contributed by atoms with E-state index in [1.165, 1.54) is 0 Å². The summed E-state index contributed by atoms with van der Waals surface area (Å²) in [7, 11) is 0. The SMILES string of the molecule is CCCC(=O)NC1CCN(C(=O)[C@H](N)C(C)C)CC1. The minimum Gasteiger partial charge on any atom is -0.353 e. The lowest BCUT2D eigenvalue weighted by atomic mass is 10.0. The standard InChI is InChI=1S/C14H27N3O2/c1-4-5-12(18)16-11-6-8-17(9-7-11)14(19)13(15)10(2)3/h10-11,13H,4-9,15H2,1-3H3,(H,16,18)/t13-/m1/s1. The number of carbonyl (C=O) groups is 2. The minimum atomic E-state index is -0.411. The topological polar surface area (TPSA) is 75.4 Å². The Kier molecular flexibility index (Phi) is 6.28. The number of hydrogen-bond acceptors (Lipinski definition) is 3. The summed E-state index contributed by atoms with van der Waals surface area (Å²) in [6, 6.07) is -0.204. The number of amides is 2. The van der Waals surface area contributed by atoms with E-state index in [2.05, 4.69) is 5.32 Å². The maximum Gasteiger partial charge on any atom is 0.239 e. The molecule has 0 aliphatic carbocycles. The fourth-order valence-corrected chi connectivity index (χ4v) is 2.27. The van der Waals surface area contributed by atoms with E-state index in [9.17, 15) is 9.59 Å². The molecule has 0 aromatic rings. The van der Waals surface area contributed by atoms with Gasteiger partial charge in [-0.3, -0.25) is 9.59 Å². The van der Waals surface area contributed by atoms with Crippen molar-refractivity contribution in [2.24, 2.45) is 11.7 Å². The molecule has 0 bridgehead atoms. The van der Waals surface area contributed by atoms with Crippen LogP contribution in [0.15, 0.2) is 0 Å². The smallest absolute Gasteiger partial charge is 0.239 e. The second kappa shape index (κ2) is 7.48. The first-order valence-corrected chi connectivity index (χ1v) is 7.29. The van der Waals surface area contributed by atoms with Gasteiger partial charge in [0.05, 0.1) is 6.04 Å². The van der Waals surface area contributed by atoms with Crippen LogP contribution in [0, 0.1) is 5.92 Å². The Bertz CT molecular complexity index is 310. The molecule has 0 aromatic carbocycles. The molecule has 1 fully saturated rings. The molecule has 0 aromatic heterocycles. The molecule has 1 rings (SSSR count). The summed E-state index contributed by atoms with van der Waals surface area (Å²) in [6.07, 6.45) is 3.10. The highest BCUT2D eigenvalue weighted by Gasteiger charge is 2.28. The zero-order chi connectivity index (χ0) is 14.4. The van der Waals surface area contributed by atoms with Crippen LogP contribution in [0.25, 0.3) is 0 Å². The van der Waals surface area contributed by atoms with Crippen molar-refractivity contribution in [2.45, 2.75) is 58.5 Å². The van der Waals surface area contributed by atoms with E-state index >= 15 is 0 Å². The first-order valence-electron chi connectivity index (χ1n) is 7.29. The Labute approximate surface area is 115 Å². The van der Waals surface area contributed by atoms with Crippen molar-refractivity contribution in [3.63, 3.8) is 0 Å². The van der Waals surface area contributed by atoms with Gasteiger partial charge in [0, 0.05) is 25.6 Å². The summed E-state index contributed by atoms with van der Waals surface area (Å²) >= 11 is 0. The average Bonchev–Trinajstić information content (AvgIpc) is 2.38. The Morgan fingerprint density at radius 2 is 1.89 bits per heavy atom. The second-order valence-corrected chi connectivity index (χ2v) is 5.69. The summed E-state index contributed by atoms with van der Waals surface area (Å²) in [6.45, 7) is 7.29. The molecule has 5 nitrogen and oxygen atoms in total. The van der Waals surface area contributed by atoms with Crippen molar-refractivity contribution in [2.75, 3.05) is 13.1 Å². The van der Waals surface area contributed by atoms with Gasteiger partial charge in [-0.25, -0.2) is 0 Å². The molecule has 1 aliphatic rings. The van der Waals surface area contributed by atoms with E-state index in [0.29, 0.717) is 19.5 Å². The van der Waals surface area contributed by atoms with Crippen LogP contribution in [-0.2, 0) is 9.59 Å². The van der Waals surface area contributed by atoms with Crippen molar-refractivity contribution in [1.29, 1.82) is 0 Å². The van der Waals surface area contributed by atoms with E-state index in [0.717, 1.165) is 19.3 Å². The van der Waals surface area contributed by atoms with Gasteiger partial charge in [0.25, 0.3) is 0 Å². The Hall–Kier alpha value is -1.10. The lowest BCUT2D eigenvalue weighted by Crippen LogP contribution is -2.52. The third-order valence-electron chi connectivity index (χ3n) is 3.65. The summed E-state index contributed by atoms with van der Waals surface area (Å²) < 4.78 is 0. The van der Waals surface area contributed by atoms with Crippen LogP contribution in [0.3, 0.4) is 0 Å². The number of rotatable bonds is 5. The molecular formula is C14H27N3O2. The van der Waals surface area contributed by atoms with E-state index in [-0.39, 0.29) is 23.8 Å². The van der Waals surface area contributed by atoms with Gasteiger partial charge in [0.2, 0.25) is 11.8 Å². The third kappa shape index (κ3) is 4.82. The number of nitrogens with two attached hydrogens (primary N) is 1. The maximum atomic E-state index is 12.1. The highest BCUT2D eigenvalue weighted by atomic mass is 16.2. The number of piperidine rings is 1. The molecule has 0 spiro atoms. The van der Waals surface area contributed by atoms with Gasteiger partial charge in [-0.05, 0) is 25.2 Å². The van der Waals surface area contributed by atoms with Crippen LogP contribution < -0.4 is 11.1 Å². The predicted octanol–water partition coefficient (Wildman–Crippen LogP) is 0.877. The van der Waals surface area contributed by atoms with Gasteiger partial charge in [0.15, 0.2) is 0 Å². The maximum absolute atomic E-state index is 12.1. The molecule has 0 saturated carbocycles. The molecule has 1 heterocycles. The van der Waals surface area contributed by atoms with Crippen LogP contribution in [0.4, 0.5) is 0 Å². The fraction of sp³-hybridized carbons (Fsp3) is 0.857. The van der Waals surface area contributed by atoms with Crippen molar-refractivity contribution in [3.05, 3.63) is 0 Å². The number of likely N-dealkylation sites (tertiary alicyclic amines) is 1. The summed E-state index contributed by atoms with van der Waals surface area (Å²) in [5.41, 5.74) is 5.88. The molecule has 1 atom stereocenters. The first-order chi connectivity index (χ1) is 8.95. The van der Waals surface area contributed by atoms with Gasteiger partial charge in [-0.2, -0.15) is 0 Å². The van der Waals surface area contributed by atoms with Crippen molar-refractivity contribution in [3.8, 4) is 0 Å². The molecule has 1 saturated heterocycles. The van der Waals surface area contributed by atoms with Crippen molar-refractivity contribution >= 4 is 11.8 Å². The van der Waals surface area contributed by atoms with Crippen molar-refractivity contribution in [1.82, 2.24) is 10.2 Å². The van der Waals surface area contributed by atoms with Crippen LogP contribution in [0.2, 0.25) is 0 Å². The van der Waals surface area contributed by atoms with Crippen LogP contribution in [-0.4, -0.2) is 41.9 Å². The molecule has 0 radical (unpaired) electrons. The quantitative estimate of drug-likeness (QED) is 0.778. The van der Waals surface area contributed by atoms with E-state index in [1.807, 2.05) is 25.7 Å². The highest BCUT2D eigenvalue weighted by molar-refractivity contribution is 5.82. The van der Waals surface area contributed by atoms with Gasteiger partial charge in [-0.1, -0.05) is 20.8 Å². The number of nitrogens with zero attached hydrogens (tertiary/aromatic N) is 1. The fourth-order valence-electron chi connectivity index (χ4n) is 2.27. The summed E-state index contributed by atoms with van der Waals surface area (Å²) in [5.74, 6) is 0.314. The van der Waals surface area contributed by atoms with E-state index in [4.69, 9.17) is 5.73 Å². The van der Waals surface area contributed by atoms with Crippen LogP contribution in [0.1, 0.15) is 46.5 Å². The normalized spacial score (nSPS) is 18.5. The van der Waals surface area contributed by atoms with E-state index in [1.54, 1.807) is 0 Å². The molecule has 1 aliphatic heterocycles. The van der Waals surface area contributed by atoms with Gasteiger partial charge in [0.1, 0.15) is 0 Å². The number of hydrogen-bond donors (Lipinski definition) is 2. The summed E-state index contributed by atoms with van der Waals surface area (Å²) in [5, 5.41) is 3.02. The summed E-state index contributed by atoms with van der Waals surface area (Å²) in [4.78, 5) is 25.4. The Morgan fingerprint density at radius 3 is 2.37 bits per heavy atom.